The topological polar surface area (TPSA) is 49.4 Å². The lowest BCUT2D eigenvalue weighted by Crippen LogP contribution is -2.40. The fourth-order valence-electron chi connectivity index (χ4n) is 1.55. The molecule has 0 radical (unpaired) electrons. The lowest BCUT2D eigenvalue weighted by Gasteiger charge is -2.28. The molecule has 0 unspecified atom stereocenters. The maximum absolute atomic E-state index is 11.5. The second-order valence-corrected chi connectivity index (χ2v) is 3.62. The second-order valence-electron chi connectivity index (χ2n) is 3.19. The van der Waals surface area contributed by atoms with Crippen LogP contribution in [-0.2, 0) is 9.59 Å². The minimum atomic E-state index is -0.128. The number of amides is 1. The van der Waals surface area contributed by atoms with E-state index in [1.54, 1.807) is 18.2 Å². The van der Waals surface area contributed by atoms with E-state index >= 15 is 0 Å². The first-order valence-electron chi connectivity index (χ1n) is 4.50. The summed E-state index contributed by atoms with van der Waals surface area (Å²) in [6.45, 7) is 0.274. The van der Waals surface area contributed by atoms with Gasteiger partial charge >= 0.3 is 0 Å². The van der Waals surface area contributed by atoms with Crippen molar-refractivity contribution in [3.05, 3.63) is 23.2 Å². The van der Waals surface area contributed by atoms with Gasteiger partial charge in [-0.25, -0.2) is 0 Å². The van der Waals surface area contributed by atoms with Crippen LogP contribution in [0.3, 0.4) is 0 Å². The van der Waals surface area contributed by atoms with Crippen LogP contribution < -0.4 is 10.2 Å². The number of hydrogen-bond acceptors (Lipinski definition) is 3. The third-order valence-corrected chi connectivity index (χ3v) is 2.47. The summed E-state index contributed by atoms with van der Waals surface area (Å²) < 4.78 is 0. The molecule has 1 N–H and O–H groups in total. The third kappa shape index (κ3) is 1.80. The van der Waals surface area contributed by atoms with Crippen LogP contribution in [0.5, 0.6) is 0 Å². The average Bonchev–Trinajstić information content (AvgIpc) is 2.23. The Bertz CT molecular complexity index is 420. The Morgan fingerprint density at radius 2 is 2.33 bits per heavy atom. The second kappa shape index (κ2) is 3.90. The highest BCUT2D eigenvalue weighted by Crippen LogP contribution is 2.31. The third-order valence-electron chi connectivity index (χ3n) is 2.24. The quantitative estimate of drug-likeness (QED) is 0.771. The fourth-order valence-corrected chi connectivity index (χ4v) is 1.72. The van der Waals surface area contributed by atoms with Gasteiger partial charge in [0.05, 0.1) is 24.5 Å². The van der Waals surface area contributed by atoms with Gasteiger partial charge < -0.3 is 15.0 Å². The number of halogens is 1. The van der Waals surface area contributed by atoms with E-state index in [0.29, 0.717) is 17.0 Å². The molecule has 0 bridgehead atoms. The van der Waals surface area contributed by atoms with Gasteiger partial charge in [-0.1, -0.05) is 11.6 Å². The van der Waals surface area contributed by atoms with E-state index < -0.39 is 0 Å². The Labute approximate surface area is 91.8 Å². The zero-order valence-corrected chi connectivity index (χ0v) is 8.62. The van der Waals surface area contributed by atoms with Gasteiger partial charge in [0.2, 0.25) is 5.91 Å². The molecule has 0 fully saturated rings. The predicted molar refractivity (Wildman–Crippen MR) is 58.4 cm³/mol. The summed E-state index contributed by atoms with van der Waals surface area (Å²) in [7, 11) is 0. The molecule has 78 valence electrons. The maximum Gasteiger partial charge on any atom is 0.246 e. The first-order chi connectivity index (χ1) is 7.22. The molecule has 0 atom stereocenters. The number of hydrogen-bond donors (Lipinski definition) is 1. The van der Waals surface area contributed by atoms with E-state index in [1.807, 2.05) is 0 Å². The highest BCUT2D eigenvalue weighted by atomic mass is 35.5. The highest BCUT2D eigenvalue weighted by molar-refractivity contribution is 6.31. The van der Waals surface area contributed by atoms with Crippen LogP contribution in [0.2, 0.25) is 5.02 Å². The van der Waals surface area contributed by atoms with E-state index in [9.17, 15) is 9.59 Å². The Hall–Kier alpha value is -1.55. The van der Waals surface area contributed by atoms with Crippen LogP contribution in [0.1, 0.15) is 0 Å². The van der Waals surface area contributed by atoms with Crippen LogP contribution in [0.4, 0.5) is 11.4 Å². The Morgan fingerprint density at radius 1 is 1.53 bits per heavy atom. The average molecular weight is 225 g/mol. The smallest absolute Gasteiger partial charge is 0.246 e. The number of rotatable bonds is 2. The van der Waals surface area contributed by atoms with Gasteiger partial charge in [-0.3, -0.25) is 4.79 Å². The molecule has 0 aliphatic carbocycles. The summed E-state index contributed by atoms with van der Waals surface area (Å²) >= 11 is 5.84. The Balaban J connectivity index is 2.45. The van der Waals surface area contributed by atoms with Crippen molar-refractivity contribution < 1.29 is 9.59 Å². The first kappa shape index (κ1) is 9.98. The monoisotopic (exact) mass is 224 g/mol. The van der Waals surface area contributed by atoms with Crippen molar-refractivity contribution in [3.8, 4) is 0 Å². The standard InChI is InChI=1S/C10H9ClN2O2/c11-7-1-2-8-9(5-7)13(3-4-14)10(15)6-12-8/h1-2,4-5,12H,3,6H2. The molecule has 4 nitrogen and oxygen atoms in total. The molecule has 1 aliphatic rings. The number of anilines is 2. The number of fused-ring (bicyclic) bond motifs is 1. The summed E-state index contributed by atoms with van der Waals surface area (Å²) in [5.74, 6) is -0.128. The number of carbonyl (C=O) groups excluding carboxylic acids is 2. The molecular weight excluding hydrogens is 216 g/mol. The summed E-state index contributed by atoms with van der Waals surface area (Å²) in [5, 5.41) is 3.50. The van der Waals surface area contributed by atoms with Gasteiger partial charge in [-0.2, -0.15) is 0 Å². The molecule has 0 saturated carbocycles. The summed E-state index contributed by atoms with van der Waals surface area (Å²) in [4.78, 5) is 23.4. The van der Waals surface area contributed by atoms with E-state index in [1.165, 1.54) is 4.90 Å². The largest absolute Gasteiger partial charge is 0.374 e. The molecule has 0 saturated heterocycles. The van der Waals surface area contributed by atoms with Gasteiger partial charge in [0.25, 0.3) is 0 Å². The lowest BCUT2D eigenvalue weighted by atomic mass is 10.2. The molecule has 1 amide bonds. The van der Waals surface area contributed by atoms with Crippen LogP contribution in [0.15, 0.2) is 18.2 Å². The molecule has 1 aromatic rings. The molecular formula is C10H9ClN2O2. The van der Waals surface area contributed by atoms with Crippen molar-refractivity contribution in [2.75, 3.05) is 23.3 Å². The lowest BCUT2D eigenvalue weighted by molar-refractivity contribution is -0.118. The molecule has 5 heteroatoms. The summed E-state index contributed by atoms with van der Waals surface area (Å²) in [6, 6.07) is 5.20. The van der Waals surface area contributed by atoms with Gasteiger partial charge in [0.1, 0.15) is 6.29 Å². The molecule has 1 aliphatic heterocycles. The highest BCUT2D eigenvalue weighted by Gasteiger charge is 2.23. The van der Waals surface area contributed by atoms with Crippen LogP contribution in [-0.4, -0.2) is 25.3 Å². The van der Waals surface area contributed by atoms with Crippen LogP contribution >= 0.6 is 11.6 Å². The first-order valence-corrected chi connectivity index (χ1v) is 4.87. The van der Waals surface area contributed by atoms with E-state index in [2.05, 4.69) is 5.32 Å². The van der Waals surface area contributed by atoms with Crippen molar-refractivity contribution in [2.45, 2.75) is 0 Å². The van der Waals surface area contributed by atoms with Crippen LogP contribution in [0.25, 0.3) is 0 Å². The maximum atomic E-state index is 11.5. The molecule has 0 spiro atoms. The van der Waals surface area contributed by atoms with Crippen molar-refractivity contribution in [2.24, 2.45) is 0 Å². The van der Waals surface area contributed by atoms with Gasteiger partial charge in [0, 0.05) is 5.02 Å². The SMILES string of the molecule is O=CCN1C(=O)CNc2ccc(Cl)cc21. The predicted octanol–water partition coefficient (Wildman–Crippen LogP) is 1.30. The minimum absolute atomic E-state index is 0.0633. The molecule has 0 aromatic heterocycles. The van der Waals surface area contributed by atoms with Gasteiger partial charge in [-0.05, 0) is 18.2 Å². The number of benzene rings is 1. The number of nitrogens with zero attached hydrogens (tertiary/aromatic N) is 1. The van der Waals surface area contributed by atoms with Crippen LogP contribution in [0, 0.1) is 0 Å². The summed E-state index contributed by atoms with van der Waals surface area (Å²) in [6.07, 6.45) is 0.702. The number of nitrogens with one attached hydrogen (secondary N) is 1. The molecule has 15 heavy (non-hydrogen) atoms. The van der Waals surface area contributed by atoms with E-state index in [4.69, 9.17) is 11.6 Å². The molecule has 1 heterocycles. The van der Waals surface area contributed by atoms with Crippen molar-refractivity contribution in [1.29, 1.82) is 0 Å². The van der Waals surface area contributed by atoms with E-state index in [-0.39, 0.29) is 19.0 Å². The fraction of sp³-hybridized carbons (Fsp3) is 0.200. The van der Waals surface area contributed by atoms with Gasteiger partial charge in [-0.15, -0.1) is 0 Å². The van der Waals surface area contributed by atoms with Crippen molar-refractivity contribution in [1.82, 2.24) is 0 Å². The van der Waals surface area contributed by atoms with Crippen molar-refractivity contribution >= 4 is 35.2 Å². The van der Waals surface area contributed by atoms with Crippen molar-refractivity contribution in [3.63, 3.8) is 0 Å². The Kier molecular flexibility index (Phi) is 2.60. The molecule has 2 rings (SSSR count). The number of aldehydes is 1. The van der Waals surface area contributed by atoms with E-state index in [0.717, 1.165) is 5.69 Å². The number of carbonyl (C=O) groups is 2. The summed E-state index contributed by atoms with van der Waals surface area (Å²) in [5.41, 5.74) is 1.48. The van der Waals surface area contributed by atoms with Gasteiger partial charge in [0.15, 0.2) is 0 Å². The zero-order chi connectivity index (χ0) is 10.8. The minimum Gasteiger partial charge on any atom is -0.374 e. The molecule has 1 aromatic carbocycles. The Morgan fingerprint density at radius 3 is 3.07 bits per heavy atom. The normalized spacial score (nSPS) is 14.5. The zero-order valence-electron chi connectivity index (χ0n) is 7.87.